The summed E-state index contributed by atoms with van der Waals surface area (Å²) in [6, 6.07) is 20.6. The minimum Gasteiger partial charge on any atom is -0.360 e. The highest BCUT2D eigenvalue weighted by Crippen LogP contribution is 2.14. The molecular weight excluding hydrogens is 324 g/mol. The number of rotatable bonds is 4. The summed E-state index contributed by atoms with van der Waals surface area (Å²) in [6.45, 7) is 5.20. The van der Waals surface area contributed by atoms with Crippen LogP contribution in [0.1, 0.15) is 12.0 Å². The molecule has 5 nitrogen and oxygen atoms in total. The molecule has 0 spiro atoms. The average molecular weight is 349 g/mol. The van der Waals surface area contributed by atoms with Gasteiger partial charge < -0.3 is 9.80 Å². The first-order valence-corrected chi connectivity index (χ1v) is 9.36. The fourth-order valence-electron chi connectivity index (χ4n) is 3.67. The molecule has 1 N–H and O–H groups in total. The second-order valence-corrected chi connectivity index (χ2v) is 6.93. The molecule has 5 heteroatoms. The number of para-hydroxylation sites is 1. The summed E-state index contributed by atoms with van der Waals surface area (Å²) in [7, 11) is 0. The van der Waals surface area contributed by atoms with Gasteiger partial charge in [-0.25, -0.2) is 5.01 Å². The van der Waals surface area contributed by atoms with Crippen molar-refractivity contribution in [3.8, 4) is 0 Å². The van der Waals surface area contributed by atoms with Gasteiger partial charge in [-0.05, 0) is 17.7 Å². The number of nitrogens with zero attached hydrogens (tertiary/aromatic N) is 3. The summed E-state index contributed by atoms with van der Waals surface area (Å²) < 4.78 is 0. The molecule has 26 heavy (non-hydrogen) atoms. The molecule has 2 aromatic rings. The maximum Gasteiger partial charge on any atom is 0.297 e. The van der Waals surface area contributed by atoms with Crippen LogP contribution in [-0.4, -0.2) is 55.9 Å². The van der Waals surface area contributed by atoms with E-state index in [1.54, 1.807) is 5.01 Å². The molecule has 0 radical (unpaired) electrons. The topological polar surface area (TPSA) is 40.4 Å². The van der Waals surface area contributed by atoms with Gasteiger partial charge in [-0.15, -0.1) is 0 Å². The third-order valence-electron chi connectivity index (χ3n) is 5.19. The first kappa shape index (κ1) is 16.8. The van der Waals surface area contributed by atoms with Crippen LogP contribution in [0.4, 0.5) is 5.69 Å². The zero-order chi connectivity index (χ0) is 17.8. The van der Waals surface area contributed by atoms with E-state index in [2.05, 4.69) is 46.4 Å². The Kier molecular flexibility index (Phi) is 4.97. The van der Waals surface area contributed by atoms with Gasteiger partial charge in [-0.1, -0.05) is 48.5 Å². The molecule has 0 aliphatic carbocycles. The number of piperazine rings is 1. The smallest absolute Gasteiger partial charge is 0.297 e. The number of hydrazone groups is 1. The minimum atomic E-state index is 0.138. The molecule has 1 amide bonds. The molecule has 0 unspecified atom stereocenters. The SMILES string of the molecule is O=C(C[NH+]1CCN(c2ccccc2)CC1)N1CCC(c2ccccc2)=N1. The maximum atomic E-state index is 12.6. The summed E-state index contributed by atoms with van der Waals surface area (Å²) in [6.07, 6.45) is 0.840. The van der Waals surface area contributed by atoms with Crippen molar-refractivity contribution in [2.45, 2.75) is 6.42 Å². The van der Waals surface area contributed by atoms with E-state index in [1.165, 1.54) is 10.6 Å². The van der Waals surface area contributed by atoms with E-state index in [1.807, 2.05) is 24.3 Å². The molecule has 0 saturated carbocycles. The zero-order valence-electron chi connectivity index (χ0n) is 15.0. The summed E-state index contributed by atoms with van der Waals surface area (Å²) in [5, 5.41) is 6.23. The lowest BCUT2D eigenvalue weighted by molar-refractivity contribution is -0.892. The van der Waals surface area contributed by atoms with E-state index in [0.29, 0.717) is 13.1 Å². The Bertz CT molecular complexity index is 767. The zero-order valence-corrected chi connectivity index (χ0v) is 15.0. The Morgan fingerprint density at radius 2 is 1.58 bits per heavy atom. The van der Waals surface area contributed by atoms with Crippen LogP contribution >= 0.6 is 0 Å². The first-order valence-electron chi connectivity index (χ1n) is 9.36. The van der Waals surface area contributed by atoms with Gasteiger partial charge in [0, 0.05) is 12.1 Å². The minimum absolute atomic E-state index is 0.138. The van der Waals surface area contributed by atoms with Crippen molar-refractivity contribution < 1.29 is 9.69 Å². The molecular formula is C21H25N4O+. The van der Waals surface area contributed by atoms with Crippen LogP contribution in [0.5, 0.6) is 0 Å². The Balaban J connectivity index is 1.30. The quantitative estimate of drug-likeness (QED) is 0.896. The molecule has 2 aromatic carbocycles. The molecule has 0 aromatic heterocycles. The van der Waals surface area contributed by atoms with Crippen LogP contribution in [0.3, 0.4) is 0 Å². The van der Waals surface area contributed by atoms with Crippen molar-refractivity contribution >= 4 is 17.3 Å². The maximum absolute atomic E-state index is 12.6. The van der Waals surface area contributed by atoms with Crippen molar-refractivity contribution in [2.75, 3.05) is 44.2 Å². The molecule has 2 aliphatic rings. The van der Waals surface area contributed by atoms with Gasteiger partial charge in [0.15, 0.2) is 6.54 Å². The van der Waals surface area contributed by atoms with Crippen LogP contribution in [0.25, 0.3) is 0 Å². The van der Waals surface area contributed by atoms with Gasteiger partial charge in [0.05, 0.1) is 38.4 Å². The molecule has 0 bridgehead atoms. The number of carbonyl (C=O) groups excluding carboxylic acids is 1. The summed E-state index contributed by atoms with van der Waals surface area (Å²) >= 11 is 0. The Morgan fingerprint density at radius 3 is 2.27 bits per heavy atom. The standard InChI is InChI=1S/C21H24N4O/c26-21(25-12-11-20(22-25)18-7-3-1-4-8-18)17-23-13-15-24(16-14-23)19-9-5-2-6-10-19/h1-10H,11-17H2/p+1. The number of carbonyl (C=O) groups is 1. The predicted molar refractivity (Wildman–Crippen MR) is 104 cm³/mol. The van der Waals surface area contributed by atoms with Crippen molar-refractivity contribution in [1.29, 1.82) is 0 Å². The highest BCUT2D eigenvalue weighted by atomic mass is 16.2. The number of hydrogen-bond donors (Lipinski definition) is 1. The van der Waals surface area contributed by atoms with E-state index in [-0.39, 0.29) is 5.91 Å². The van der Waals surface area contributed by atoms with E-state index in [4.69, 9.17) is 0 Å². The molecule has 4 rings (SSSR count). The van der Waals surface area contributed by atoms with Crippen molar-refractivity contribution in [3.63, 3.8) is 0 Å². The van der Waals surface area contributed by atoms with Gasteiger partial charge in [0.2, 0.25) is 0 Å². The highest BCUT2D eigenvalue weighted by molar-refractivity contribution is 6.02. The number of amides is 1. The molecule has 0 atom stereocenters. The predicted octanol–water partition coefficient (Wildman–Crippen LogP) is 1.03. The van der Waals surface area contributed by atoms with E-state index < -0.39 is 0 Å². The van der Waals surface area contributed by atoms with Gasteiger partial charge in [-0.2, -0.15) is 5.10 Å². The number of quaternary nitrogens is 1. The van der Waals surface area contributed by atoms with Crippen LogP contribution in [0.2, 0.25) is 0 Å². The van der Waals surface area contributed by atoms with Crippen LogP contribution < -0.4 is 9.80 Å². The van der Waals surface area contributed by atoms with Crippen molar-refractivity contribution in [1.82, 2.24) is 5.01 Å². The first-order chi connectivity index (χ1) is 12.8. The van der Waals surface area contributed by atoms with Crippen molar-refractivity contribution in [2.24, 2.45) is 5.10 Å². The third-order valence-corrected chi connectivity index (χ3v) is 5.19. The highest BCUT2D eigenvalue weighted by Gasteiger charge is 2.27. The monoisotopic (exact) mass is 349 g/mol. The van der Waals surface area contributed by atoms with E-state index in [0.717, 1.165) is 43.9 Å². The molecule has 1 saturated heterocycles. The van der Waals surface area contributed by atoms with Crippen LogP contribution in [-0.2, 0) is 4.79 Å². The molecule has 2 aliphatic heterocycles. The number of anilines is 1. The van der Waals surface area contributed by atoms with Crippen LogP contribution in [0, 0.1) is 0 Å². The fourth-order valence-corrected chi connectivity index (χ4v) is 3.67. The largest absolute Gasteiger partial charge is 0.360 e. The lowest BCUT2D eigenvalue weighted by Crippen LogP contribution is -3.15. The molecule has 2 heterocycles. The lowest BCUT2D eigenvalue weighted by Gasteiger charge is -2.33. The normalized spacial score (nSPS) is 18.1. The van der Waals surface area contributed by atoms with Crippen molar-refractivity contribution in [3.05, 3.63) is 66.2 Å². The Labute approximate surface area is 154 Å². The summed E-state index contributed by atoms with van der Waals surface area (Å²) in [5.74, 6) is 0.138. The number of nitrogens with one attached hydrogen (secondary N) is 1. The lowest BCUT2D eigenvalue weighted by atomic mass is 10.1. The number of benzene rings is 2. The van der Waals surface area contributed by atoms with Gasteiger partial charge in [0.1, 0.15) is 0 Å². The second-order valence-electron chi connectivity index (χ2n) is 6.93. The van der Waals surface area contributed by atoms with Crippen LogP contribution in [0.15, 0.2) is 65.8 Å². The van der Waals surface area contributed by atoms with Gasteiger partial charge in [0.25, 0.3) is 5.91 Å². The van der Waals surface area contributed by atoms with Gasteiger partial charge >= 0.3 is 0 Å². The fraction of sp³-hybridized carbons (Fsp3) is 0.333. The summed E-state index contributed by atoms with van der Waals surface area (Å²) in [5.41, 5.74) is 3.41. The van der Waals surface area contributed by atoms with Gasteiger partial charge in [-0.3, -0.25) is 4.79 Å². The average Bonchev–Trinajstić information content (AvgIpc) is 3.20. The number of hydrogen-bond acceptors (Lipinski definition) is 3. The van der Waals surface area contributed by atoms with E-state index >= 15 is 0 Å². The van der Waals surface area contributed by atoms with E-state index in [9.17, 15) is 4.79 Å². The Morgan fingerprint density at radius 1 is 0.923 bits per heavy atom. The molecule has 134 valence electrons. The molecule has 1 fully saturated rings. The summed E-state index contributed by atoms with van der Waals surface area (Å²) in [4.78, 5) is 16.4. The second kappa shape index (κ2) is 7.70. The Hall–Kier alpha value is -2.66. The third kappa shape index (κ3) is 3.78.